The van der Waals surface area contributed by atoms with Crippen LogP contribution in [0.25, 0.3) is 11.3 Å². The zero-order chi connectivity index (χ0) is 12.5. The van der Waals surface area contributed by atoms with Crippen LogP contribution in [0.2, 0.25) is 5.02 Å². The predicted molar refractivity (Wildman–Crippen MR) is 66.8 cm³/mol. The van der Waals surface area contributed by atoms with Gasteiger partial charge in [-0.15, -0.1) is 0 Å². The lowest BCUT2D eigenvalue weighted by atomic mass is 10.2. The molecule has 3 nitrogen and oxygen atoms in total. The van der Waals surface area contributed by atoms with E-state index in [0.29, 0.717) is 29.8 Å². The van der Waals surface area contributed by atoms with Crippen molar-refractivity contribution in [1.29, 1.82) is 0 Å². The molecule has 5 heteroatoms. The number of rotatable bonds is 4. The SMILES string of the molecule is Fc1c(Cl)cccc1-c1cnc(CNC2CC2)o1. The van der Waals surface area contributed by atoms with Crippen LogP contribution in [0.1, 0.15) is 18.7 Å². The lowest BCUT2D eigenvalue weighted by molar-refractivity contribution is 0.474. The molecule has 0 bridgehead atoms. The first-order valence-corrected chi connectivity index (χ1v) is 6.24. The van der Waals surface area contributed by atoms with Crippen molar-refractivity contribution in [3.63, 3.8) is 0 Å². The Balaban J connectivity index is 1.80. The summed E-state index contributed by atoms with van der Waals surface area (Å²) < 4.78 is 19.3. The van der Waals surface area contributed by atoms with Crippen LogP contribution in [0.5, 0.6) is 0 Å². The lowest BCUT2D eigenvalue weighted by Gasteiger charge is -2.00. The molecule has 0 amide bonds. The van der Waals surface area contributed by atoms with Crippen LogP contribution in [0.4, 0.5) is 4.39 Å². The van der Waals surface area contributed by atoms with Crippen molar-refractivity contribution >= 4 is 11.6 Å². The van der Waals surface area contributed by atoms with Gasteiger partial charge in [-0.1, -0.05) is 17.7 Å². The molecule has 1 N–H and O–H groups in total. The van der Waals surface area contributed by atoms with Crippen LogP contribution in [0, 0.1) is 5.82 Å². The second-order valence-corrected chi connectivity index (χ2v) is 4.78. The highest BCUT2D eigenvalue weighted by molar-refractivity contribution is 6.31. The van der Waals surface area contributed by atoms with Crippen LogP contribution in [-0.4, -0.2) is 11.0 Å². The fraction of sp³-hybridized carbons (Fsp3) is 0.308. The first kappa shape index (κ1) is 11.7. The first-order chi connectivity index (χ1) is 8.74. The van der Waals surface area contributed by atoms with E-state index in [1.165, 1.54) is 25.1 Å². The van der Waals surface area contributed by atoms with Crippen molar-refractivity contribution < 1.29 is 8.81 Å². The number of oxazole rings is 1. The number of benzene rings is 1. The van der Waals surface area contributed by atoms with Gasteiger partial charge in [0.05, 0.1) is 23.3 Å². The van der Waals surface area contributed by atoms with Crippen molar-refractivity contribution in [1.82, 2.24) is 10.3 Å². The maximum atomic E-state index is 13.8. The van der Waals surface area contributed by atoms with E-state index in [9.17, 15) is 4.39 Å². The van der Waals surface area contributed by atoms with E-state index in [4.69, 9.17) is 16.0 Å². The minimum atomic E-state index is -0.475. The van der Waals surface area contributed by atoms with E-state index >= 15 is 0 Å². The standard InChI is InChI=1S/C13H12ClFN2O/c14-10-3-1-2-9(13(10)15)11-6-17-12(18-11)7-16-8-4-5-8/h1-3,6,8,16H,4-5,7H2. The van der Waals surface area contributed by atoms with Crippen molar-refractivity contribution in [2.75, 3.05) is 0 Å². The molecule has 0 atom stereocenters. The molecule has 0 unspecified atom stereocenters. The monoisotopic (exact) mass is 266 g/mol. The number of nitrogens with zero attached hydrogens (tertiary/aromatic N) is 1. The van der Waals surface area contributed by atoms with Crippen molar-refractivity contribution in [3.05, 3.63) is 41.1 Å². The molecule has 0 aliphatic heterocycles. The van der Waals surface area contributed by atoms with Gasteiger partial charge in [-0.2, -0.15) is 0 Å². The van der Waals surface area contributed by atoms with E-state index in [1.807, 2.05) is 0 Å². The van der Waals surface area contributed by atoms with E-state index in [-0.39, 0.29) is 5.02 Å². The van der Waals surface area contributed by atoms with Crippen molar-refractivity contribution in [2.45, 2.75) is 25.4 Å². The summed E-state index contributed by atoms with van der Waals surface area (Å²) >= 11 is 5.73. The van der Waals surface area contributed by atoms with Gasteiger partial charge in [0.1, 0.15) is 0 Å². The molecule has 1 heterocycles. The van der Waals surface area contributed by atoms with Crippen molar-refractivity contribution in [3.8, 4) is 11.3 Å². The van der Waals surface area contributed by atoms with Crippen LogP contribution < -0.4 is 5.32 Å². The highest BCUT2D eigenvalue weighted by Gasteiger charge is 2.21. The third-order valence-electron chi connectivity index (χ3n) is 2.89. The quantitative estimate of drug-likeness (QED) is 0.922. The normalized spacial score (nSPS) is 15.0. The molecule has 3 rings (SSSR count). The predicted octanol–water partition coefficient (Wildman–Crippen LogP) is 3.39. The van der Waals surface area contributed by atoms with E-state index in [0.717, 1.165) is 0 Å². The molecule has 0 spiro atoms. The summed E-state index contributed by atoms with van der Waals surface area (Å²) in [6.07, 6.45) is 3.94. The first-order valence-electron chi connectivity index (χ1n) is 5.86. The lowest BCUT2D eigenvalue weighted by Crippen LogP contribution is -2.15. The van der Waals surface area contributed by atoms with Crippen LogP contribution >= 0.6 is 11.6 Å². The molecule has 94 valence electrons. The van der Waals surface area contributed by atoms with Gasteiger partial charge < -0.3 is 9.73 Å². The second kappa shape index (κ2) is 4.71. The average Bonchev–Trinajstić information content (AvgIpc) is 3.08. The minimum Gasteiger partial charge on any atom is -0.439 e. The summed E-state index contributed by atoms with van der Waals surface area (Å²) in [6, 6.07) is 5.40. The summed E-state index contributed by atoms with van der Waals surface area (Å²) in [7, 11) is 0. The third-order valence-corrected chi connectivity index (χ3v) is 3.18. The van der Waals surface area contributed by atoms with Gasteiger partial charge in [-0.3, -0.25) is 0 Å². The molecule has 1 fully saturated rings. The summed E-state index contributed by atoms with van der Waals surface area (Å²) in [4.78, 5) is 4.12. The molecule has 0 saturated heterocycles. The zero-order valence-electron chi connectivity index (χ0n) is 9.62. The number of halogens is 2. The maximum absolute atomic E-state index is 13.8. The summed E-state index contributed by atoms with van der Waals surface area (Å²) in [5.41, 5.74) is 0.340. The zero-order valence-corrected chi connectivity index (χ0v) is 10.4. The second-order valence-electron chi connectivity index (χ2n) is 4.37. The van der Waals surface area contributed by atoms with Crippen LogP contribution in [0.15, 0.2) is 28.8 Å². The summed E-state index contributed by atoms with van der Waals surface area (Å²) in [5, 5.41) is 3.37. The van der Waals surface area contributed by atoms with Gasteiger partial charge in [0.15, 0.2) is 11.6 Å². The van der Waals surface area contributed by atoms with Crippen molar-refractivity contribution in [2.24, 2.45) is 0 Å². The Labute approximate surface area is 109 Å². The van der Waals surface area contributed by atoms with E-state index in [2.05, 4.69) is 10.3 Å². The molecule has 2 aromatic rings. The summed E-state index contributed by atoms with van der Waals surface area (Å²) in [6.45, 7) is 0.576. The Morgan fingerprint density at radius 1 is 1.44 bits per heavy atom. The fourth-order valence-electron chi connectivity index (χ4n) is 1.73. The molecular formula is C13H12ClFN2O. The van der Waals surface area contributed by atoms with Gasteiger partial charge in [-0.05, 0) is 25.0 Å². The molecule has 1 aromatic heterocycles. The van der Waals surface area contributed by atoms with Gasteiger partial charge in [0.2, 0.25) is 5.89 Å². The third kappa shape index (κ3) is 2.40. The average molecular weight is 267 g/mol. The topological polar surface area (TPSA) is 38.1 Å². The largest absolute Gasteiger partial charge is 0.439 e. The minimum absolute atomic E-state index is 0.0848. The van der Waals surface area contributed by atoms with Gasteiger partial charge >= 0.3 is 0 Å². The van der Waals surface area contributed by atoms with Crippen LogP contribution in [0.3, 0.4) is 0 Å². The molecule has 1 aliphatic carbocycles. The smallest absolute Gasteiger partial charge is 0.208 e. The number of hydrogen-bond donors (Lipinski definition) is 1. The van der Waals surface area contributed by atoms with Gasteiger partial charge in [0, 0.05) is 6.04 Å². The Hall–Kier alpha value is -1.39. The molecule has 1 aliphatic rings. The Morgan fingerprint density at radius 2 is 2.28 bits per heavy atom. The molecule has 0 radical (unpaired) electrons. The molecule has 18 heavy (non-hydrogen) atoms. The Morgan fingerprint density at radius 3 is 3.06 bits per heavy atom. The van der Waals surface area contributed by atoms with E-state index < -0.39 is 5.82 Å². The van der Waals surface area contributed by atoms with Gasteiger partial charge in [0.25, 0.3) is 0 Å². The number of hydrogen-bond acceptors (Lipinski definition) is 3. The number of nitrogens with one attached hydrogen (secondary N) is 1. The molecule has 1 saturated carbocycles. The summed E-state index contributed by atoms with van der Waals surface area (Å²) in [5.74, 6) is 0.496. The van der Waals surface area contributed by atoms with Crippen LogP contribution in [-0.2, 0) is 6.54 Å². The Bertz CT molecular complexity index is 566. The van der Waals surface area contributed by atoms with Gasteiger partial charge in [-0.25, -0.2) is 9.37 Å². The highest BCUT2D eigenvalue weighted by atomic mass is 35.5. The highest BCUT2D eigenvalue weighted by Crippen LogP contribution is 2.28. The van der Waals surface area contributed by atoms with E-state index in [1.54, 1.807) is 12.1 Å². The maximum Gasteiger partial charge on any atom is 0.208 e. The Kier molecular flexibility index (Phi) is 3.06. The number of aromatic nitrogens is 1. The fourth-order valence-corrected chi connectivity index (χ4v) is 1.90. The molecule has 1 aromatic carbocycles. The molecular weight excluding hydrogens is 255 g/mol.